The van der Waals surface area contributed by atoms with Crippen molar-refractivity contribution in [1.82, 2.24) is 16.0 Å². The van der Waals surface area contributed by atoms with Crippen LogP contribution in [0.25, 0.3) is 0 Å². The number of nitrogens with one attached hydrogen (secondary N) is 3. The van der Waals surface area contributed by atoms with E-state index in [1.165, 1.54) is 6.07 Å². The molecule has 2 aromatic carbocycles. The summed E-state index contributed by atoms with van der Waals surface area (Å²) < 4.78 is 44.3. The third kappa shape index (κ3) is 4.31. The predicted molar refractivity (Wildman–Crippen MR) is 101 cm³/mol. The first-order valence-electron chi connectivity index (χ1n) is 9.50. The molecule has 158 valence electrons. The highest BCUT2D eigenvalue weighted by molar-refractivity contribution is 5.90. The largest absolute Gasteiger partial charge is 0.416 e. The van der Waals surface area contributed by atoms with Gasteiger partial charge in [0.1, 0.15) is 6.17 Å². The quantitative estimate of drug-likeness (QED) is 0.715. The smallest absolute Gasteiger partial charge is 0.374 e. The van der Waals surface area contributed by atoms with Crippen molar-refractivity contribution in [3.05, 3.63) is 70.8 Å². The van der Waals surface area contributed by atoms with Gasteiger partial charge in [-0.25, -0.2) is 0 Å². The minimum atomic E-state index is -4.45. The second kappa shape index (κ2) is 8.08. The van der Waals surface area contributed by atoms with E-state index in [2.05, 4.69) is 16.0 Å². The van der Waals surface area contributed by atoms with Crippen LogP contribution >= 0.6 is 0 Å². The maximum atomic E-state index is 13.0. The average Bonchev–Trinajstić information content (AvgIpc) is 2.73. The molecule has 0 aliphatic carbocycles. The summed E-state index contributed by atoms with van der Waals surface area (Å²) in [6, 6.07) is 11.2. The molecule has 2 unspecified atom stereocenters. The Balaban J connectivity index is 1.48. The van der Waals surface area contributed by atoms with E-state index < -0.39 is 35.9 Å². The Hall–Kier alpha value is -2.91. The van der Waals surface area contributed by atoms with Crippen LogP contribution in [0.4, 0.5) is 13.2 Å². The number of carbonyl (C=O) groups excluding carboxylic acids is 2. The summed E-state index contributed by atoms with van der Waals surface area (Å²) in [6.45, 7) is 0.191. The van der Waals surface area contributed by atoms with Gasteiger partial charge in [0.15, 0.2) is 0 Å². The molecule has 30 heavy (non-hydrogen) atoms. The summed E-state index contributed by atoms with van der Waals surface area (Å²) in [6.07, 6.45) is -4.99. The van der Waals surface area contributed by atoms with Crippen LogP contribution in [0.1, 0.15) is 40.9 Å². The zero-order chi connectivity index (χ0) is 21.3. The molecule has 9 heteroatoms. The molecule has 6 nitrogen and oxygen atoms in total. The number of halogens is 3. The lowest BCUT2D eigenvalue weighted by Gasteiger charge is -2.33. The topological polar surface area (TPSA) is 79.5 Å². The molecule has 2 aromatic rings. The highest BCUT2D eigenvalue weighted by Crippen LogP contribution is 2.34. The van der Waals surface area contributed by atoms with Crippen LogP contribution in [0.15, 0.2) is 48.5 Å². The van der Waals surface area contributed by atoms with E-state index in [0.29, 0.717) is 11.1 Å². The van der Waals surface area contributed by atoms with Gasteiger partial charge in [-0.05, 0) is 28.8 Å². The van der Waals surface area contributed by atoms with Gasteiger partial charge in [0.25, 0.3) is 0 Å². The first-order valence-corrected chi connectivity index (χ1v) is 9.50. The van der Waals surface area contributed by atoms with Gasteiger partial charge in [-0.2, -0.15) is 13.2 Å². The first-order chi connectivity index (χ1) is 14.3. The van der Waals surface area contributed by atoms with Crippen LogP contribution in [-0.4, -0.2) is 24.5 Å². The highest BCUT2D eigenvalue weighted by Gasteiger charge is 2.35. The standard InChI is InChI=1S/C21H20F3N3O3/c22-21(23,24)14-6-7-15-13(8-14)10-30-11-17(15)26-20(29)16-9-18(28)27-19(25-16)12-4-2-1-3-5-12/h1-8,16-17,19,25H,9-11H2,(H,26,29)(H,27,28)/t16?,17-,19?/m1/s1. The Morgan fingerprint density at radius 2 is 1.90 bits per heavy atom. The molecule has 0 spiro atoms. The molecule has 2 heterocycles. The molecule has 2 aliphatic rings. The maximum Gasteiger partial charge on any atom is 0.416 e. The van der Waals surface area contributed by atoms with E-state index in [1.54, 1.807) is 0 Å². The molecule has 3 N–H and O–H groups in total. The van der Waals surface area contributed by atoms with Gasteiger partial charge in [-0.3, -0.25) is 14.9 Å². The van der Waals surface area contributed by atoms with Gasteiger partial charge in [0, 0.05) is 0 Å². The first kappa shape index (κ1) is 20.4. The van der Waals surface area contributed by atoms with Crippen molar-refractivity contribution in [2.45, 2.75) is 37.5 Å². The Kier molecular flexibility index (Phi) is 5.48. The van der Waals surface area contributed by atoms with Gasteiger partial charge in [-0.1, -0.05) is 36.4 Å². The highest BCUT2D eigenvalue weighted by atomic mass is 19.4. The molecule has 0 aromatic heterocycles. The third-order valence-electron chi connectivity index (χ3n) is 5.22. The monoisotopic (exact) mass is 419 g/mol. The van der Waals surface area contributed by atoms with Crippen molar-refractivity contribution in [3.63, 3.8) is 0 Å². The molecule has 2 aliphatic heterocycles. The molecule has 0 bridgehead atoms. The Bertz CT molecular complexity index is 950. The summed E-state index contributed by atoms with van der Waals surface area (Å²) in [7, 11) is 0. The van der Waals surface area contributed by atoms with Crippen LogP contribution < -0.4 is 16.0 Å². The molecule has 0 radical (unpaired) electrons. The fourth-order valence-corrected chi connectivity index (χ4v) is 3.72. The van der Waals surface area contributed by atoms with Crippen LogP contribution in [-0.2, 0) is 27.1 Å². The van der Waals surface area contributed by atoms with Crippen molar-refractivity contribution in [2.75, 3.05) is 6.61 Å². The number of alkyl halides is 3. The van der Waals surface area contributed by atoms with Crippen molar-refractivity contribution in [2.24, 2.45) is 0 Å². The average molecular weight is 419 g/mol. The molecule has 2 amide bonds. The summed E-state index contributed by atoms with van der Waals surface area (Å²) in [5.74, 6) is -0.676. The third-order valence-corrected chi connectivity index (χ3v) is 5.22. The molecule has 1 saturated heterocycles. The zero-order valence-corrected chi connectivity index (χ0v) is 15.8. The Labute approximate surface area is 170 Å². The fourth-order valence-electron chi connectivity index (χ4n) is 3.72. The van der Waals surface area contributed by atoms with E-state index in [0.717, 1.165) is 17.7 Å². The maximum absolute atomic E-state index is 13.0. The van der Waals surface area contributed by atoms with Crippen LogP contribution in [0.5, 0.6) is 0 Å². The molecular formula is C21H20F3N3O3. The summed E-state index contributed by atoms with van der Waals surface area (Å²) in [4.78, 5) is 25.0. The van der Waals surface area contributed by atoms with Crippen molar-refractivity contribution in [3.8, 4) is 0 Å². The van der Waals surface area contributed by atoms with Crippen molar-refractivity contribution < 1.29 is 27.5 Å². The number of fused-ring (bicyclic) bond motifs is 1. The molecule has 4 rings (SSSR count). The number of rotatable bonds is 3. The molecular weight excluding hydrogens is 399 g/mol. The lowest BCUT2D eigenvalue weighted by Crippen LogP contribution is -2.57. The van der Waals surface area contributed by atoms with Gasteiger partial charge < -0.3 is 15.4 Å². The lowest BCUT2D eigenvalue weighted by atomic mass is 9.96. The second-order valence-electron chi connectivity index (χ2n) is 7.32. The Morgan fingerprint density at radius 3 is 2.63 bits per heavy atom. The van der Waals surface area contributed by atoms with Crippen molar-refractivity contribution >= 4 is 11.8 Å². The van der Waals surface area contributed by atoms with Crippen LogP contribution in [0.2, 0.25) is 0 Å². The van der Waals surface area contributed by atoms with Crippen LogP contribution in [0, 0.1) is 0 Å². The minimum Gasteiger partial charge on any atom is -0.374 e. The number of carbonyl (C=O) groups is 2. The van der Waals surface area contributed by atoms with Crippen molar-refractivity contribution in [1.29, 1.82) is 0 Å². The summed E-state index contributed by atoms with van der Waals surface area (Å²) in [5.41, 5.74) is 1.03. The lowest BCUT2D eigenvalue weighted by molar-refractivity contribution is -0.137. The van der Waals surface area contributed by atoms with Crippen LogP contribution in [0.3, 0.4) is 0 Å². The zero-order valence-electron chi connectivity index (χ0n) is 15.8. The number of hydrogen-bond donors (Lipinski definition) is 3. The van der Waals surface area contributed by atoms with E-state index >= 15 is 0 Å². The predicted octanol–water partition coefficient (Wildman–Crippen LogP) is 2.57. The normalized spacial score (nSPS) is 24.0. The fraction of sp³-hybridized carbons (Fsp3) is 0.333. The number of ether oxygens (including phenoxy) is 1. The SMILES string of the molecule is O=C1CC(C(=O)N[C@@H]2COCc3cc(C(F)(F)F)ccc32)NC(c2ccccc2)N1. The molecule has 3 atom stereocenters. The van der Waals surface area contributed by atoms with Gasteiger partial charge in [0.05, 0.1) is 37.3 Å². The second-order valence-corrected chi connectivity index (χ2v) is 7.32. The van der Waals surface area contributed by atoms with E-state index in [4.69, 9.17) is 4.74 Å². The number of hydrogen-bond acceptors (Lipinski definition) is 4. The number of benzene rings is 2. The summed E-state index contributed by atoms with van der Waals surface area (Å²) >= 11 is 0. The molecule has 1 fully saturated rings. The van der Waals surface area contributed by atoms with Gasteiger partial charge in [-0.15, -0.1) is 0 Å². The van der Waals surface area contributed by atoms with E-state index in [-0.39, 0.29) is 25.5 Å². The van der Waals surface area contributed by atoms with Gasteiger partial charge >= 0.3 is 6.18 Å². The summed E-state index contributed by atoms with van der Waals surface area (Å²) in [5, 5.41) is 8.71. The Morgan fingerprint density at radius 1 is 1.13 bits per heavy atom. The van der Waals surface area contributed by atoms with E-state index in [1.807, 2.05) is 30.3 Å². The minimum absolute atomic E-state index is 0.0391. The van der Waals surface area contributed by atoms with Gasteiger partial charge in [0.2, 0.25) is 11.8 Å². The molecule has 0 saturated carbocycles. The number of amides is 2. The van der Waals surface area contributed by atoms with E-state index in [9.17, 15) is 22.8 Å².